The van der Waals surface area contributed by atoms with E-state index in [1.165, 1.54) is 35.1 Å². The van der Waals surface area contributed by atoms with Crippen molar-refractivity contribution in [3.8, 4) is 0 Å². The quantitative estimate of drug-likeness (QED) is 0.506. The van der Waals surface area contributed by atoms with Crippen molar-refractivity contribution in [2.75, 3.05) is 14.1 Å². The Kier molecular flexibility index (Phi) is 11.4. The van der Waals surface area contributed by atoms with Crippen molar-refractivity contribution in [1.82, 2.24) is 25.4 Å². The molecule has 12 heteroatoms. The largest absolute Gasteiger partial charge is 0.452 e. The van der Waals surface area contributed by atoms with Crippen LogP contribution < -0.4 is 10.6 Å². The van der Waals surface area contributed by atoms with Gasteiger partial charge in [-0.15, -0.1) is 11.3 Å². The lowest BCUT2D eigenvalue weighted by Crippen LogP contribution is -2.58. The van der Waals surface area contributed by atoms with Gasteiger partial charge >= 0.3 is 5.97 Å². The lowest BCUT2D eigenvalue weighted by atomic mass is 9.98. The van der Waals surface area contributed by atoms with Crippen LogP contribution in [-0.2, 0) is 30.3 Å². The molecule has 2 heterocycles. The molecule has 1 aliphatic heterocycles. The van der Waals surface area contributed by atoms with Crippen LogP contribution in [0.25, 0.3) is 0 Å². The number of likely N-dealkylation sites (N-methyl/N-ethyl adjacent to an activating group) is 2. The van der Waals surface area contributed by atoms with Crippen LogP contribution in [0.1, 0.15) is 75.1 Å². The number of aromatic nitrogens is 1. The van der Waals surface area contributed by atoms with Crippen molar-refractivity contribution in [3.63, 3.8) is 0 Å². The summed E-state index contributed by atoms with van der Waals surface area (Å²) in [5, 5.41) is 7.94. The van der Waals surface area contributed by atoms with Gasteiger partial charge in [0, 0.05) is 31.9 Å². The maximum absolute atomic E-state index is 14.0. The van der Waals surface area contributed by atoms with Crippen molar-refractivity contribution in [2.24, 2.45) is 11.8 Å². The first-order valence-corrected chi connectivity index (χ1v) is 15.5. The molecule has 0 spiro atoms. The van der Waals surface area contributed by atoms with E-state index in [1.54, 1.807) is 26.3 Å². The molecule has 43 heavy (non-hydrogen) atoms. The van der Waals surface area contributed by atoms with Gasteiger partial charge in [0.25, 0.3) is 11.8 Å². The molecule has 2 bridgehead atoms. The second kappa shape index (κ2) is 14.6. The highest BCUT2D eigenvalue weighted by Gasteiger charge is 2.39. The highest BCUT2D eigenvalue weighted by atomic mass is 32.1. The molecule has 0 fully saturated rings. The number of hydrogen-bond donors (Lipinski definition) is 2. The number of amides is 4. The van der Waals surface area contributed by atoms with Gasteiger partial charge in [-0.3, -0.25) is 24.0 Å². The standard InChI is InChI=1S/C31H43N5O6S/c1-9-22-18(4)31(41)42-20(6)29(39)36(8)25(17(2)3)30(40)35(7)24(15-21-13-11-10-12-14-21)27(38)32-19(5)28-34-23(16-43-28)26(37)33-22/h10-14,16-20,22,24-25H,9,15H2,1-8H3,(H,32,38)(H,33,37)/t18-,19-,20-,22+,24-,25?/m0/s1. The minimum Gasteiger partial charge on any atom is -0.452 e. The molecule has 0 aliphatic carbocycles. The fourth-order valence-electron chi connectivity index (χ4n) is 5.21. The van der Waals surface area contributed by atoms with Crippen LogP contribution >= 0.6 is 11.3 Å². The van der Waals surface area contributed by atoms with E-state index in [0.29, 0.717) is 11.4 Å². The number of fused-ring (bicyclic) bond motifs is 2. The Morgan fingerprint density at radius 3 is 2.21 bits per heavy atom. The maximum atomic E-state index is 14.0. The molecule has 0 saturated heterocycles. The lowest BCUT2D eigenvalue weighted by Gasteiger charge is -2.37. The minimum atomic E-state index is -1.18. The molecule has 4 amide bonds. The molecule has 11 nitrogen and oxygen atoms in total. The van der Waals surface area contributed by atoms with E-state index in [0.717, 1.165) is 5.56 Å². The molecule has 0 radical (unpaired) electrons. The van der Waals surface area contributed by atoms with Gasteiger partial charge < -0.3 is 25.2 Å². The van der Waals surface area contributed by atoms with Crippen molar-refractivity contribution in [2.45, 2.75) is 84.7 Å². The SMILES string of the molecule is CC[C@H]1NC(=O)c2csc(n2)[C@H](C)NC(=O)[C@H](Cc2ccccc2)N(C)C(=O)C(C(C)C)N(C)C(=O)[C@H](C)OC(=O)[C@H]1C. The van der Waals surface area contributed by atoms with Crippen molar-refractivity contribution in [3.05, 3.63) is 52.0 Å². The molecule has 1 aliphatic rings. The third-order valence-electron chi connectivity index (χ3n) is 7.90. The zero-order valence-corrected chi connectivity index (χ0v) is 26.9. The topological polar surface area (TPSA) is 138 Å². The van der Waals surface area contributed by atoms with Gasteiger partial charge in [-0.25, -0.2) is 4.98 Å². The van der Waals surface area contributed by atoms with E-state index >= 15 is 0 Å². The zero-order chi connectivity index (χ0) is 32.0. The number of ether oxygens (including phenoxy) is 1. The van der Waals surface area contributed by atoms with E-state index in [2.05, 4.69) is 15.6 Å². The summed E-state index contributed by atoms with van der Waals surface area (Å²) >= 11 is 1.23. The van der Waals surface area contributed by atoms with Crippen LogP contribution in [0.15, 0.2) is 35.7 Å². The van der Waals surface area contributed by atoms with Gasteiger partial charge in [0.2, 0.25) is 11.8 Å². The lowest BCUT2D eigenvalue weighted by molar-refractivity contribution is -0.165. The first-order valence-electron chi connectivity index (χ1n) is 14.6. The number of cyclic esters (lactones) is 1. The number of thiazole rings is 1. The summed E-state index contributed by atoms with van der Waals surface area (Å²) in [4.78, 5) is 74.5. The van der Waals surface area contributed by atoms with Crippen LogP contribution in [0.2, 0.25) is 0 Å². The predicted octanol–water partition coefficient (Wildman–Crippen LogP) is 2.96. The molecular formula is C31H43N5O6S. The Labute approximate surface area is 257 Å². The van der Waals surface area contributed by atoms with E-state index < -0.39 is 65.8 Å². The Hall–Kier alpha value is -3.80. The first-order chi connectivity index (χ1) is 20.3. The number of carbonyl (C=O) groups excluding carboxylic acids is 5. The smallest absolute Gasteiger partial charge is 0.311 e. The van der Waals surface area contributed by atoms with Crippen LogP contribution in [-0.4, -0.2) is 82.7 Å². The summed E-state index contributed by atoms with van der Waals surface area (Å²) in [6, 6.07) is 6.40. The van der Waals surface area contributed by atoms with Gasteiger partial charge in [0.05, 0.1) is 12.0 Å². The molecule has 1 unspecified atom stereocenters. The summed E-state index contributed by atoms with van der Waals surface area (Å²) in [5.41, 5.74) is 1.02. The highest BCUT2D eigenvalue weighted by Crippen LogP contribution is 2.22. The Morgan fingerprint density at radius 2 is 1.60 bits per heavy atom. The van der Waals surface area contributed by atoms with Gasteiger partial charge in [0.15, 0.2) is 6.10 Å². The van der Waals surface area contributed by atoms with Crippen LogP contribution in [0.5, 0.6) is 0 Å². The highest BCUT2D eigenvalue weighted by molar-refractivity contribution is 7.09. The van der Waals surface area contributed by atoms with Crippen molar-refractivity contribution < 1.29 is 28.7 Å². The number of nitrogens with zero attached hydrogens (tertiary/aromatic N) is 3. The second-order valence-electron chi connectivity index (χ2n) is 11.4. The van der Waals surface area contributed by atoms with E-state index in [-0.39, 0.29) is 18.0 Å². The van der Waals surface area contributed by atoms with Crippen LogP contribution in [0.4, 0.5) is 0 Å². The molecule has 1 aromatic carbocycles. The third kappa shape index (κ3) is 7.98. The summed E-state index contributed by atoms with van der Waals surface area (Å²) in [7, 11) is 3.05. The molecular weight excluding hydrogens is 570 g/mol. The number of nitrogens with one attached hydrogen (secondary N) is 2. The number of rotatable bonds is 4. The van der Waals surface area contributed by atoms with Crippen molar-refractivity contribution >= 4 is 40.9 Å². The third-order valence-corrected chi connectivity index (χ3v) is 8.92. The molecule has 2 N–H and O–H groups in total. The van der Waals surface area contributed by atoms with E-state index in [4.69, 9.17) is 4.74 Å². The Morgan fingerprint density at radius 1 is 0.953 bits per heavy atom. The Balaban J connectivity index is 2.06. The van der Waals surface area contributed by atoms with Crippen LogP contribution in [0, 0.1) is 11.8 Å². The molecule has 6 atom stereocenters. The fraction of sp³-hybridized carbons (Fsp3) is 0.548. The van der Waals surface area contributed by atoms with Crippen molar-refractivity contribution in [1.29, 1.82) is 0 Å². The van der Waals surface area contributed by atoms with E-state index in [1.807, 2.05) is 51.1 Å². The van der Waals surface area contributed by atoms with Gasteiger partial charge in [0.1, 0.15) is 22.8 Å². The molecule has 234 valence electrons. The Bertz CT molecular complexity index is 1310. The molecule has 3 rings (SSSR count). The average Bonchev–Trinajstić information content (AvgIpc) is 3.48. The summed E-state index contributed by atoms with van der Waals surface area (Å²) in [6.45, 7) is 10.3. The fourth-order valence-corrected chi connectivity index (χ4v) is 6.01. The summed E-state index contributed by atoms with van der Waals surface area (Å²) in [5.74, 6) is -3.53. The normalized spacial score (nSPS) is 26.8. The first kappa shape index (κ1) is 33.7. The predicted molar refractivity (Wildman–Crippen MR) is 163 cm³/mol. The van der Waals surface area contributed by atoms with E-state index in [9.17, 15) is 24.0 Å². The van der Waals surface area contributed by atoms with Crippen LogP contribution in [0.3, 0.4) is 0 Å². The number of benzene rings is 1. The summed E-state index contributed by atoms with van der Waals surface area (Å²) in [6.07, 6.45) is -0.507. The maximum Gasteiger partial charge on any atom is 0.311 e. The van der Waals surface area contributed by atoms with Gasteiger partial charge in [-0.05, 0) is 38.7 Å². The minimum absolute atomic E-state index is 0.163. The molecule has 2 aromatic rings. The van der Waals surface area contributed by atoms with Gasteiger partial charge in [-0.1, -0.05) is 51.1 Å². The monoisotopic (exact) mass is 613 g/mol. The molecule has 0 saturated carbocycles. The molecule has 1 aromatic heterocycles. The number of esters is 1. The second-order valence-corrected chi connectivity index (χ2v) is 12.3. The summed E-state index contributed by atoms with van der Waals surface area (Å²) < 4.78 is 5.54. The number of carbonyl (C=O) groups is 5. The van der Waals surface area contributed by atoms with Gasteiger partial charge in [-0.2, -0.15) is 0 Å². The zero-order valence-electron chi connectivity index (χ0n) is 26.1. The number of hydrogen-bond acceptors (Lipinski definition) is 8. The average molecular weight is 614 g/mol.